The molecule has 0 spiro atoms. The first-order valence-corrected chi connectivity index (χ1v) is 7.64. The zero-order valence-corrected chi connectivity index (χ0v) is 14.7. The number of ether oxygens (including phenoxy) is 3. The third kappa shape index (κ3) is 3.18. The van der Waals surface area contributed by atoms with E-state index in [1.54, 1.807) is 39.3 Å². The van der Waals surface area contributed by atoms with Crippen molar-refractivity contribution in [3.8, 4) is 28.5 Å². The van der Waals surface area contributed by atoms with Crippen molar-refractivity contribution in [1.29, 1.82) is 0 Å². The Morgan fingerprint density at radius 3 is 2.35 bits per heavy atom. The summed E-state index contributed by atoms with van der Waals surface area (Å²) in [5, 5.41) is 9.63. The molecule has 0 aliphatic rings. The molecular formula is C17H18N4O5. The monoisotopic (exact) mass is 358 g/mol. The number of hydrogen-bond donors (Lipinski definition) is 2. The highest BCUT2D eigenvalue weighted by Gasteiger charge is 2.17. The number of aryl methyl sites for hydroxylation is 1. The van der Waals surface area contributed by atoms with Crippen molar-refractivity contribution >= 4 is 11.7 Å². The van der Waals surface area contributed by atoms with Gasteiger partial charge in [-0.1, -0.05) is 0 Å². The van der Waals surface area contributed by atoms with Crippen LogP contribution in [0, 0.1) is 6.92 Å². The number of nitrogens with one attached hydrogen (secondary N) is 2. The number of aromatic amines is 1. The van der Waals surface area contributed by atoms with Crippen LogP contribution in [0.5, 0.6) is 17.2 Å². The number of H-pyrrole nitrogens is 1. The molecule has 1 amide bonds. The molecule has 0 aliphatic carbocycles. The number of methoxy groups -OCH3 is 3. The van der Waals surface area contributed by atoms with E-state index in [1.165, 1.54) is 13.5 Å². The summed E-state index contributed by atoms with van der Waals surface area (Å²) in [6.45, 7) is 1.66. The first-order valence-electron chi connectivity index (χ1n) is 7.64. The fourth-order valence-electron chi connectivity index (χ4n) is 2.47. The van der Waals surface area contributed by atoms with Crippen molar-refractivity contribution in [2.24, 2.45) is 0 Å². The summed E-state index contributed by atoms with van der Waals surface area (Å²) in [4.78, 5) is 16.1. The first kappa shape index (κ1) is 17.3. The maximum Gasteiger partial charge on any atom is 0.279 e. The largest absolute Gasteiger partial charge is 0.493 e. The molecule has 2 heterocycles. The minimum atomic E-state index is -0.404. The zero-order valence-electron chi connectivity index (χ0n) is 14.7. The zero-order chi connectivity index (χ0) is 18.7. The van der Waals surface area contributed by atoms with Gasteiger partial charge in [0.2, 0.25) is 5.75 Å². The Labute approximate surface area is 149 Å². The third-order valence-electron chi connectivity index (χ3n) is 3.76. The lowest BCUT2D eigenvalue weighted by molar-refractivity contribution is 0.102. The number of rotatable bonds is 6. The van der Waals surface area contributed by atoms with Crippen LogP contribution in [0.3, 0.4) is 0 Å². The van der Waals surface area contributed by atoms with Gasteiger partial charge >= 0.3 is 0 Å². The molecule has 9 heteroatoms. The van der Waals surface area contributed by atoms with Gasteiger partial charge < -0.3 is 23.9 Å². The van der Waals surface area contributed by atoms with Crippen LogP contribution in [0.1, 0.15) is 16.2 Å². The van der Waals surface area contributed by atoms with E-state index in [9.17, 15) is 4.79 Å². The van der Waals surface area contributed by atoms with Crippen molar-refractivity contribution in [2.75, 3.05) is 26.6 Å². The average Bonchev–Trinajstić information content (AvgIpc) is 3.29. The summed E-state index contributed by atoms with van der Waals surface area (Å²) in [5.41, 5.74) is 1.63. The van der Waals surface area contributed by atoms with Crippen molar-refractivity contribution in [2.45, 2.75) is 6.92 Å². The fourth-order valence-corrected chi connectivity index (χ4v) is 2.47. The Morgan fingerprint density at radius 1 is 1.12 bits per heavy atom. The van der Waals surface area contributed by atoms with Crippen molar-refractivity contribution in [3.05, 3.63) is 36.0 Å². The number of hydrogen-bond acceptors (Lipinski definition) is 7. The van der Waals surface area contributed by atoms with Gasteiger partial charge in [-0.3, -0.25) is 9.89 Å². The van der Waals surface area contributed by atoms with E-state index in [2.05, 4.69) is 20.5 Å². The number of benzene rings is 1. The van der Waals surface area contributed by atoms with Crippen LogP contribution in [-0.2, 0) is 0 Å². The minimum absolute atomic E-state index is 0.210. The maximum atomic E-state index is 12.2. The van der Waals surface area contributed by atoms with Crippen LogP contribution in [0.25, 0.3) is 11.3 Å². The average molecular weight is 358 g/mol. The van der Waals surface area contributed by atoms with Crippen molar-refractivity contribution in [1.82, 2.24) is 15.2 Å². The van der Waals surface area contributed by atoms with Crippen LogP contribution < -0.4 is 19.5 Å². The van der Waals surface area contributed by atoms with Gasteiger partial charge in [-0.15, -0.1) is 0 Å². The second-order valence-electron chi connectivity index (χ2n) is 5.29. The number of carbonyl (C=O) groups excluding carboxylic acids is 1. The standard InChI is InChI=1S/C17H18N4O5/c1-9-15(18-8-26-9)17(22)19-14-7-11(20-21-14)10-5-12(23-2)16(25-4)13(6-10)24-3/h5-8H,1-4H3,(H2,19,20,21,22). The summed E-state index contributed by atoms with van der Waals surface area (Å²) >= 11 is 0. The van der Waals surface area contributed by atoms with Gasteiger partial charge in [0.15, 0.2) is 29.4 Å². The van der Waals surface area contributed by atoms with Crippen molar-refractivity contribution in [3.63, 3.8) is 0 Å². The van der Waals surface area contributed by atoms with E-state index in [4.69, 9.17) is 18.6 Å². The van der Waals surface area contributed by atoms with Gasteiger partial charge in [-0.2, -0.15) is 5.10 Å². The number of aromatic nitrogens is 3. The summed E-state index contributed by atoms with van der Waals surface area (Å²) < 4.78 is 21.0. The summed E-state index contributed by atoms with van der Waals surface area (Å²) in [5.74, 6) is 1.90. The highest BCUT2D eigenvalue weighted by Crippen LogP contribution is 2.41. The first-order chi connectivity index (χ1) is 12.6. The van der Waals surface area contributed by atoms with Gasteiger partial charge in [0.25, 0.3) is 5.91 Å². The Balaban J connectivity index is 1.88. The molecule has 3 aromatic rings. The second kappa shape index (κ2) is 7.18. The third-order valence-corrected chi connectivity index (χ3v) is 3.76. The topological polar surface area (TPSA) is 112 Å². The predicted molar refractivity (Wildman–Crippen MR) is 92.9 cm³/mol. The molecule has 26 heavy (non-hydrogen) atoms. The molecule has 0 bridgehead atoms. The molecule has 1 aromatic carbocycles. The Morgan fingerprint density at radius 2 is 1.81 bits per heavy atom. The fraction of sp³-hybridized carbons (Fsp3) is 0.235. The predicted octanol–water partition coefficient (Wildman–Crippen LogP) is 2.65. The molecule has 3 rings (SSSR count). The molecule has 0 saturated heterocycles. The molecule has 136 valence electrons. The lowest BCUT2D eigenvalue weighted by Gasteiger charge is -2.13. The van der Waals surface area contributed by atoms with E-state index in [1.807, 2.05) is 0 Å². The molecule has 0 saturated carbocycles. The van der Waals surface area contributed by atoms with E-state index >= 15 is 0 Å². The second-order valence-corrected chi connectivity index (χ2v) is 5.29. The highest BCUT2D eigenvalue weighted by atomic mass is 16.5. The molecule has 9 nitrogen and oxygen atoms in total. The number of anilines is 1. The van der Waals surface area contributed by atoms with E-state index in [0.29, 0.717) is 34.5 Å². The number of oxazole rings is 1. The minimum Gasteiger partial charge on any atom is -0.493 e. The normalized spacial score (nSPS) is 10.5. The molecule has 2 aromatic heterocycles. The van der Waals surface area contributed by atoms with Gasteiger partial charge in [-0.25, -0.2) is 4.98 Å². The van der Waals surface area contributed by atoms with Gasteiger partial charge in [0.1, 0.15) is 5.76 Å². The Kier molecular flexibility index (Phi) is 4.78. The molecule has 0 unspecified atom stereocenters. The number of carbonyl (C=O) groups is 1. The lowest BCUT2D eigenvalue weighted by atomic mass is 10.1. The molecule has 0 radical (unpaired) electrons. The van der Waals surface area contributed by atoms with Crippen LogP contribution in [0.15, 0.2) is 29.0 Å². The van der Waals surface area contributed by atoms with E-state index < -0.39 is 5.91 Å². The summed E-state index contributed by atoms with van der Waals surface area (Å²) in [6, 6.07) is 5.25. The van der Waals surface area contributed by atoms with Gasteiger partial charge in [0, 0.05) is 11.6 Å². The lowest BCUT2D eigenvalue weighted by Crippen LogP contribution is -2.13. The van der Waals surface area contributed by atoms with Gasteiger partial charge in [0.05, 0.1) is 27.0 Å². The quantitative estimate of drug-likeness (QED) is 0.696. The van der Waals surface area contributed by atoms with E-state index in [0.717, 1.165) is 5.56 Å². The van der Waals surface area contributed by atoms with Gasteiger partial charge in [-0.05, 0) is 19.1 Å². The van der Waals surface area contributed by atoms with Crippen LogP contribution in [0.2, 0.25) is 0 Å². The highest BCUT2D eigenvalue weighted by molar-refractivity contribution is 6.03. The maximum absolute atomic E-state index is 12.2. The van der Waals surface area contributed by atoms with Crippen LogP contribution in [0.4, 0.5) is 5.82 Å². The SMILES string of the molecule is COc1cc(-c2cc(NC(=O)c3ncoc3C)n[nH]2)cc(OC)c1OC. The molecular weight excluding hydrogens is 340 g/mol. The Bertz CT molecular complexity index is 906. The number of amides is 1. The smallest absolute Gasteiger partial charge is 0.279 e. The molecule has 2 N–H and O–H groups in total. The van der Waals surface area contributed by atoms with Crippen molar-refractivity contribution < 1.29 is 23.4 Å². The van der Waals surface area contributed by atoms with Crippen LogP contribution in [-0.4, -0.2) is 42.4 Å². The van der Waals surface area contributed by atoms with E-state index in [-0.39, 0.29) is 5.69 Å². The summed E-state index contributed by atoms with van der Waals surface area (Å²) in [7, 11) is 4.62. The summed E-state index contributed by atoms with van der Waals surface area (Å²) in [6.07, 6.45) is 1.22. The molecule has 0 aliphatic heterocycles. The molecule has 0 atom stereocenters. The number of nitrogens with zero attached hydrogens (tertiary/aromatic N) is 2. The molecule has 0 fully saturated rings. The Hall–Kier alpha value is -3.49. The van der Waals surface area contributed by atoms with Crippen LogP contribution >= 0.6 is 0 Å².